The van der Waals surface area contributed by atoms with Crippen LogP contribution in [0, 0.1) is 0 Å². The summed E-state index contributed by atoms with van der Waals surface area (Å²) in [5.41, 5.74) is -2.01. The van der Waals surface area contributed by atoms with Crippen LogP contribution in [-0.2, 0) is 16.6 Å². The van der Waals surface area contributed by atoms with Crippen LogP contribution in [0.1, 0.15) is 18.4 Å². The van der Waals surface area contributed by atoms with Gasteiger partial charge in [0, 0.05) is 0 Å². The fourth-order valence-electron chi connectivity index (χ4n) is 1.70. The molecule has 0 unspecified atom stereocenters. The van der Waals surface area contributed by atoms with E-state index in [9.17, 15) is 21.6 Å². The molecule has 1 aliphatic rings. The average molecular weight is 295 g/mol. The number of benzene rings is 1. The Morgan fingerprint density at radius 2 is 1.95 bits per heavy atom. The molecule has 0 aliphatic heterocycles. The standard InChI is InChI=1S/C11H12F3NO3S/c12-11(13,14)10(4-5-10)15-19(17,18)9-3-1-2-8(6-9)7-16/h1-3,6,15-16H,4-5,7H2. The maximum Gasteiger partial charge on any atom is 0.407 e. The van der Waals surface area contributed by atoms with Crippen LogP contribution >= 0.6 is 0 Å². The highest BCUT2D eigenvalue weighted by molar-refractivity contribution is 7.89. The van der Waals surface area contributed by atoms with E-state index in [4.69, 9.17) is 5.11 Å². The van der Waals surface area contributed by atoms with Crippen LogP contribution in [0.5, 0.6) is 0 Å². The van der Waals surface area contributed by atoms with Crippen molar-refractivity contribution in [3.63, 3.8) is 0 Å². The second kappa shape index (κ2) is 4.46. The normalized spacial score (nSPS) is 18.3. The summed E-state index contributed by atoms with van der Waals surface area (Å²) in [7, 11) is -4.25. The van der Waals surface area contributed by atoms with Crippen LogP contribution < -0.4 is 4.72 Å². The Morgan fingerprint density at radius 1 is 1.32 bits per heavy atom. The summed E-state index contributed by atoms with van der Waals surface area (Å²) in [4.78, 5) is -0.283. The molecule has 0 spiro atoms. The van der Waals surface area contributed by atoms with Crippen molar-refractivity contribution in [1.82, 2.24) is 4.72 Å². The molecule has 106 valence electrons. The van der Waals surface area contributed by atoms with Gasteiger partial charge in [-0.2, -0.15) is 17.9 Å². The first kappa shape index (κ1) is 14.3. The fraction of sp³-hybridized carbons (Fsp3) is 0.455. The lowest BCUT2D eigenvalue weighted by molar-refractivity contribution is -0.160. The topological polar surface area (TPSA) is 66.4 Å². The zero-order valence-electron chi connectivity index (χ0n) is 9.74. The maximum absolute atomic E-state index is 12.7. The van der Waals surface area contributed by atoms with Crippen LogP contribution in [0.15, 0.2) is 29.2 Å². The van der Waals surface area contributed by atoms with Crippen LogP contribution in [-0.4, -0.2) is 25.2 Å². The van der Waals surface area contributed by atoms with Crippen LogP contribution in [0.2, 0.25) is 0 Å². The molecule has 0 radical (unpaired) electrons. The first-order valence-electron chi connectivity index (χ1n) is 5.51. The van der Waals surface area contributed by atoms with Gasteiger partial charge in [0.2, 0.25) is 10.0 Å². The number of sulfonamides is 1. The van der Waals surface area contributed by atoms with E-state index < -0.39 is 21.7 Å². The van der Waals surface area contributed by atoms with Gasteiger partial charge < -0.3 is 5.11 Å². The Labute approximate surface area is 108 Å². The number of alkyl halides is 3. The van der Waals surface area contributed by atoms with E-state index in [1.807, 2.05) is 0 Å². The Morgan fingerprint density at radius 3 is 2.42 bits per heavy atom. The minimum atomic E-state index is -4.60. The molecule has 19 heavy (non-hydrogen) atoms. The third-order valence-corrected chi connectivity index (χ3v) is 4.55. The Hall–Kier alpha value is -1.12. The smallest absolute Gasteiger partial charge is 0.392 e. The van der Waals surface area contributed by atoms with Crippen molar-refractivity contribution in [2.75, 3.05) is 0 Å². The molecule has 1 aromatic carbocycles. The summed E-state index contributed by atoms with van der Waals surface area (Å²) in [6.45, 7) is -0.381. The summed E-state index contributed by atoms with van der Waals surface area (Å²) >= 11 is 0. The molecule has 0 heterocycles. The van der Waals surface area contributed by atoms with Gasteiger partial charge in [-0.1, -0.05) is 12.1 Å². The molecule has 2 N–H and O–H groups in total. The highest BCUT2D eigenvalue weighted by Crippen LogP contribution is 2.49. The number of halogens is 3. The summed E-state index contributed by atoms with van der Waals surface area (Å²) in [6.07, 6.45) is -5.11. The fourth-order valence-corrected chi connectivity index (χ4v) is 3.21. The number of aliphatic hydroxyl groups is 1. The van der Waals surface area contributed by atoms with E-state index in [0.717, 1.165) is 6.07 Å². The van der Waals surface area contributed by atoms with Gasteiger partial charge in [0.1, 0.15) is 5.54 Å². The van der Waals surface area contributed by atoms with Crippen molar-refractivity contribution >= 4 is 10.0 Å². The van der Waals surface area contributed by atoms with Crippen molar-refractivity contribution in [2.45, 2.75) is 36.1 Å². The maximum atomic E-state index is 12.7. The van der Waals surface area contributed by atoms with Crippen LogP contribution in [0.4, 0.5) is 13.2 Å². The number of aliphatic hydroxyl groups excluding tert-OH is 1. The molecule has 2 rings (SSSR count). The highest BCUT2D eigenvalue weighted by atomic mass is 32.2. The van der Waals surface area contributed by atoms with Gasteiger partial charge in [-0.15, -0.1) is 0 Å². The number of nitrogens with one attached hydrogen (secondary N) is 1. The second-order valence-corrected chi connectivity index (χ2v) is 6.17. The molecule has 1 aliphatic carbocycles. The van der Waals surface area contributed by atoms with E-state index in [-0.39, 0.29) is 24.3 Å². The molecule has 0 saturated heterocycles. The Balaban J connectivity index is 2.29. The predicted molar refractivity (Wildman–Crippen MR) is 60.7 cm³/mol. The quantitative estimate of drug-likeness (QED) is 0.885. The van der Waals surface area contributed by atoms with Gasteiger partial charge in [-0.3, -0.25) is 0 Å². The van der Waals surface area contributed by atoms with Crippen LogP contribution in [0.3, 0.4) is 0 Å². The van der Waals surface area contributed by atoms with Gasteiger partial charge in [0.25, 0.3) is 0 Å². The number of rotatable bonds is 4. The van der Waals surface area contributed by atoms with Gasteiger partial charge in [0.05, 0.1) is 11.5 Å². The van der Waals surface area contributed by atoms with Crippen molar-refractivity contribution in [3.05, 3.63) is 29.8 Å². The Bertz CT molecular complexity index is 579. The molecule has 8 heteroatoms. The molecule has 1 saturated carbocycles. The van der Waals surface area contributed by atoms with E-state index in [1.165, 1.54) is 18.2 Å². The third-order valence-electron chi connectivity index (χ3n) is 3.01. The largest absolute Gasteiger partial charge is 0.407 e. The molecule has 0 aromatic heterocycles. The van der Waals surface area contributed by atoms with Gasteiger partial charge in [-0.25, -0.2) is 8.42 Å². The molecule has 0 amide bonds. The summed E-state index contributed by atoms with van der Waals surface area (Å²) < 4.78 is 63.7. The van der Waals surface area contributed by atoms with E-state index in [0.29, 0.717) is 5.56 Å². The lowest BCUT2D eigenvalue weighted by atomic mass is 10.2. The van der Waals surface area contributed by atoms with Gasteiger partial charge >= 0.3 is 6.18 Å². The van der Waals surface area contributed by atoms with Crippen molar-refractivity contribution in [3.8, 4) is 0 Å². The predicted octanol–water partition coefficient (Wildman–Crippen LogP) is 1.55. The molecule has 0 atom stereocenters. The van der Waals surface area contributed by atoms with E-state index in [1.54, 1.807) is 4.72 Å². The minimum Gasteiger partial charge on any atom is -0.392 e. The SMILES string of the molecule is O=S(=O)(NC1(C(F)(F)F)CC1)c1cccc(CO)c1. The summed E-state index contributed by atoms with van der Waals surface area (Å²) in [6, 6.07) is 5.19. The first-order valence-corrected chi connectivity index (χ1v) is 6.99. The van der Waals surface area contributed by atoms with Crippen molar-refractivity contribution in [2.24, 2.45) is 0 Å². The molecule has 1 fully saturated rings. The summed E-state index contributed by atoms with van der Waals surface area (Å²) in [5, 5.41) is 8.91. The number of hydrogen-bond donors (Lipinski definition) is 2. The molecule has 4 nitrogen and oxygen atoms in total. The number of hydrogen-bond acceptors (Lipinski definition) is 3. The average Bonchev–Trinajstić information content (AvgIpc) is 3.09. The van der Waals surface area contributed by atoms with Gasteiger partial charge in [0.15, 0.2) is 0 Å². The highest BCUT2D eigenvalue weighted by Gasteiger charge is 2.65. The van der Waals surface area contributed by atoms with Crippen molar-refractivity contribution in [1.29, 1.82) is 0 Å². The molecular formula is C11H12F3NO3S. The lowest BCUT2D eigenvalue weighted by Crippen LogP contribution is -2.47. The Kier molecular flexibility index (Phi) is 3.36. The minimum absolute atomic E-state index is 0.255. The zero-order valence-corrected chi connectivity index (χ0v) is 10.6. The van der Waals surface area contributed by atoms with E-state index >= 15 is 0 Å². The molecule has 1 aromatic rings. The molecular weight excluding hydrogens is 283 g/mol. The van der Waals surface area contributed by atoms with Crippen molar-refractivity contribution < 1.29 is 26.7 Å². The first-order chi connectivity index (χ1) is 8.70. The monoisotopic (exact) mass is 295 g/mol. The zero-order chi connectivity index (χ0) is 14.3. The van der Waals surface area contributed by atoms with Gasteiger partial charge in [-0.05, 0) is 30.5 Å². The van der Waals surface area contributed by atoms with Crippen LogP contribution in [0.25, 0.3) is 0 Å². The lowest BCUT2D eigenvalue weighted by Gasteiger charge is -2.20. The van der Waals surface area contributed by atoms with E-state index in [2.05, 4.69) is 0 Å². The third kappa shape index (κ3) is 2.75. The molecule has 0 bridgehead atoms. The summed E-state index contributed by atoms with van der Waals surface area (Å²) in [5.74, 6) is 0. The second-order valence-electron chi connectivity index (χ2n) is 4.49.